The van der Waals surface area contributed by atoms with E-state index in [0.29, 0.717) is 11.8 Å². The summed E-state index contributed by atoms with van der Waals surface area (Å²) in [6.07, 6.45) is 3.91. The molecular formula is C11H21NO. The number of carbonyl (C=O) groups excluding carboxylic acids is 1. The zero-order valence-electron chi connectivity index (χ0n) is 8.92. The molecule has 2 nitrogen and oxygen atoms in total. The average Bonchev–Trinajstić information content (AvgIpc) is 1.79. The van der Waals surface area contributed by atoms with Crippen molar-refractivity contribution in [1.29, 1.82) is 0 Å². The van der Waals surface area contributed by atoms with Crippen LogP contribution in [0.2, 0.25) is 0 Å². The fourth-order valence-electron chi connectivity index (χ4n) is 2.45. The van der Waals surface area contributed by atoms with Crippen LogP contribution in [-0.2, 0) is 4.79 Å². The summed E-state index contributed by atoms with van der Waals surface area (Å²) in [5.74, 6) is 1.57. The van der Waals surface area contributed by atoms with Crippen molar-refractivity contribution in [3.8, 4) is 0 Å². The van der Waals surface area contributed by atoms with Crippen LogP contribution in [0, 0.1) is 23.7 Å². The predicted octanol–water partition coefficient (Wildman–Crippen LogP) is 2.18. The number of hydrogen-bond donors (Lipinski definition) is 1. The topological polar surface area (TPSA) is 43.1 Å². The molecule has 1 aliphatic rings. The lowest BCUT2D eigenvalue weighted by Gasteiger charge is -2.36. The maximum absolute atomic E-state index is 11.2. The molecule has 2 atom stereocenters. The number of amides is 1. The third kappa shape index (κ3) is 2.23. The Kier molecular flexibility index (Phi) is 3.34. The third-order valence-electron chi connectivity index (χ3n) is 3.51. The van der Waals surface area contributed by atoms with Crippen LogP contribution >= 0.6 is 0 Å². The summed E-state index contributed by atoms with van der Waals surface area (Å²) in [5.41, 5.74) is 5.42. The first-order valence-electron chi connectivity index (χ1n) is 5.33. The van der Waals surface area contributed by atoms with Gasteiger partial charge < -0.3 is 5.73 Å². The predicted molar refractivity (Wildman–Crippen MR) is 54.0 cm³/mol. The Morgan fingerprint density at radius 2 is 1.85 bits per heavy atom. The van der Waals surface area contributed by atoms with E-state index in [-0.39, 0.29) is 11.8 Å². The van der Waals surface area contributed by atoms with E-state index < -0.39 is 0 Å². The second-order valence-electron chi connectivity index (χ2n) is 4.72. The zero-order chi connectivity index (χ0) is 10.0. The fraction of sp³-hybridized carbons (Fsp3) is 0.909. The van der Waals surface area contributed by atoms with Crippen molar-refractivity contribution in [3.05, 3.63) is 0 Å². The molecule has 13 heavy (non-hydrogen) atoms. The van der Waals surface area contributed by atoms with Gasteiger partial charge in [0.15, 0.2) is 0 Å². The molecule has 0 aromatic heterocycles. The molecule has 2 N–H and O–H groups in total. The number of carbonyl (C=O) groups is 1. The monoisotopic (exact) mass is 183 g/mol. The van der Waals surface area contributed by atoms with Crippen molar-refractivity contribution in [2.24, 2.45) is 29.4 Å². The largest absolute Gasteiger partial charge is 0.369 e. The van der Waals surface area contributed by atoms with Gasteiger partial charge >= 0.3 is 0 Å². The molecule has 0 heterocycles. The van der Waals surface area contributed by atoms with Crippen molar-refractivity contribution in [3.63, 3.8) is 0 Å². The molecule has 0 aromatic carbocycles. The van der Waals surface area contributed by atoms with Crippen LogP contribution in [0.1, 0.15) is 40.0 Å². The van der Waals surface area contributed by atoms with Gasteiger partial charge in [-0.05, 0) is 17.8 Å². The zero-order valence-corrected chi connectivity index (χ0v) is 8.92. The molecule has 0 aromatic rings. The molecule has 1 aliphatic carbocycles. The maximum Gasteiger partial charge on any atom is 0.221 e. The summed E-state index contributed by atoms with van der Waals surface area (Å²) in [6, 6.07) is 0. The molecule has 1 fully saturated rings. The molecule has 0 bridgehead atoms. The van der Waals surface area contributed by atoms with Gasteiger partial charge in [-0.2, -0.15) is 0 Å². The Morgan fingerprint density at radius 3 is 2.08 bits per heavy atom. The van der Waals surface area contributed by atoms with E-state index in [1.54, 1.807) is 0 Å². The van der Waals surface area contributed by atoms with Crippen molar-refractivity contribution >= 4 is 5.91 Å². The van der Waals surface area contributed by atoms with Crippen LogP contribution < -0.4 is 5.73 Å². The Balaban J connectivity index is 2.57. The van der Waals surface area contributed by atoms with Gasteiger partial charge in [0.25, 0.3) is 0 Å². The molecule has 0 spiro atoms. The molecule has 1 saturated carbocycles. The van der Waals surface area contributed by atoms with Crippen molar-refractivity contribution in [1.82, 2.24) is 0 Å². The molecule has 2 heteroatoms. The highest BCUT2D eigenvalue weighted by Crippen LogP contribution is 2.39. The number of hydrogen-bond acceptors (Lipinski definition) is 1. The van der Waals surface area contributed by atoms with E-state index in [1.165, 1.54) is 19.3 Å². The van der Waals surface area contributed by atoms with Crippen LogP contribution in [0.15, 0.2) is 0 Å². The van der Waals surface area contributed by atoms with E-state index in [4.69, 9.17) is 5.73 Å². The van der Waals surface area contributed by atoms with Gasteiger partial charge in [0.05, 0.1) is 0 Å². The van der Waals surface area contributed by atoms with Gasteiger partial charge in [0.2, 0.25) is 5.91 Å². The van der Waals surface area contributed by atoms with Crippen LogP contribution in [-0.4, -0.2) is 5.91 Å². The first kappa shape index (κ1) is 10.6. The van der Waals surface area contributed by atoms with E-state index in [1.807, 2.05) is 0 Å². The first-order valence-corrected chi connectivity index (χ1v) is 5.33. The second kappa shape index (κ2) is 4.12. The van der Waals surface area contributed by atoms with E-state index in [2.05, 4.69) is 20.8 Å². The molecule has 0 aliphatic heterocycles. The lowest BCUT2D eigenvalue weighted by atomic mass is 9.68. The molecule has 0 radical (unpaired) electrons. The van der Waals surface area contributed by atoms with Crippen LogP contribution in [0.5, 0.6) is 0 Å². The number of nitrogens with two attached hydrogens (primary N) is 1. The van der Waals surface area contributed by atoms with Crippen LogP contribution in [0.4, 0.5) is 0 Å². The summed E-state index contributed by atoms with van der Waals surface area (Å²) in [6.45, 7) is 6.36. The SMILES string of the molecule is CC(C)C(C(N)=O)[C@H](C)C1CCC1. The Hall–Kier alpha value is -0.530. The summed E-state index contributed by atoms with van der Waals surface area (Å²) in [5, 5.41) is 0. The first-order chi connectivity index (χ1) is 6.04. The van der Waals surface area contributed by atoms with Gasteiger partial charge in [0, 0.05) is 5.92 Å². The second-order valence-corrected chi connectivity index (χ2v) is 4.72. The molecule has 0 saturated heterocycles. The van der Waals surface area contributed by atoms with Gasteiger partial charge in [-0.25, -0.2) is 0 Å². The Bertz CT molecular complexity index is 185. The Morgan fingerprint density at radius 1 is 1.31 bits per heavy atom. The van der Waals surface area contributed by atoms with Crippen molar-refractivity contribution < 1.29 is 4.79 Å². The van der Waals surface area contributed by atoms with Gasteiger partial charge in [-0.1, -0.05) is 40.0 Å². The van der Waals surface area contributed by atoms with Gasteiger partial charge in [-0.15, -0.1) is 0 Å². The lowest BCUT2D eigenvalue weighted by molar-refractivity contribution is -0.126. The van der Waals surface area contributed by atoms with Crippen molar-refractivity contribution in [2.75, 3.05) is 0 Å². The summed E-state index contributed by atoms with van der Waals surface area (Å²) >= 11 is 0. The minimum atomic E-state index is -0.116. The smallest absolute Gasteiger partial charge is 0.221 e. The molecular weight excluding hydrogens is 162 g/mol. The highest BCUT2D eigenvalue weighted by atomic mass is 16.1. The highest BCUT2D eigenvalue weighted by molar-refractivity contribution is 5.77. The quantitative estimate of drug-likeness (QED) is 0.713. The third-order valence-corrected chi connectivity index (χ3v) is 3.51. The maximum atomic E-state index is 11.2. The van der Waals surface area contributed by atoms with Crippen LogP contribution in [0.25, 0.3) is 0 Å². The molecule has 76 valence electrons. The number of primary amides is 1. The summed E-state index contributed by atoms with van der Waals surface area (Å²) < 4.78 is 0. The average molecular weight is 183 g/mol. The van der Waals surface area contributed by atoms with Crippen molar-refractivity contribution in [2.45, 2.75) is 40.0 Å². The lowest BCUT2D eigenvalue weighted by Crippen LogP contribution is -2.37. The summed E-state index contributed by atoms with van der Waals surface area (Å²) in [7, 11) is 0. The minimum Gasteiger partial charge on any atom is -0.369 e. The molecule has 1 amide bonds. The summed E-state index contributed by atoms with van der Waals surface area (Å²) in [4.78, 5) is 11.2. The Labute approximate surface area is 80.9 Å². The molecule has 1 unspecified atom stereocenters. The van der Waals surface area contributed by atoms with Gasteiger partial charge in [-0.3, -0.25) is 4.79 Å². The standard InChI is InChI=1S/C11H21NO/c1-7(2)10(11(12)13)8(3)9-5-4-6-9/h7-10H,4-6H2,1-3H3,(H2,12,13)/t8-,10?/m1/s1. The van der Waals surface area contributed by atoms with Crippen LogP contribution in [0.3, 0.4) is 0 Å². The normalized spacial score (nSPS) is 22.5. The fourth-order valence-corrected chi connectivity index (χ4v) is 2.45. The van der Waals surface area contributed by atoms with E-state index >= 15 is 0 Å². The van der Waals surface area contributed by atoms with Gasteiger partial charge in [0.1, 0.15) is 0 Å². The minimum absolute atomic E-state index is 0.0744. The number of rotatable bonds is 4. The molecule has 1 rings (SSSR count). The van der Waals surface area contributed by atoms with E-state index in [9.17, 15) is 4.79 Å². The van der Waals surface area contributed by atoms with E-state index in [0.717, 1.165) is 5.92 Å². The highest BCUT2D eigenvalue weighted by Gasteiger charge is 2.34.